The van der Waals surface area contributed by atoms with E-state index in [2.05, 4.69) is 20.3 Å². The molecule has 1 unspecified atom stereocenters. The van der Waals surface area contributed by atoms with Crippen molar-refractivity contribution in [1.82, 2.24) is 14.9 Å². The molecule has 1 aromatic heterocycles. The molecule has 2 aromatic rings. The number of carbonyl (C=O) groups excluding carboxylic acids is 2. The summed E-state index contributed by atoms with van der Waals surface area (Å²) in [6, 6.07) is 4.48. The van der Waals surface area contributed by atoms with Crippen LogP contribution in [-0.2, 0) is 34.5 Å². The summed E-state index contributed by atoms with van der Waals surface area (Å²) in [7, 11) is -1.47. The molecule has 1 aliphatic rings. The van der Waals surface area contributed by atoms with E-state index in [9.17, 15) is 23.7 Å². The Labute approximate surface area is 240 Å². The fraction of sp³-hybridized carbons (Fsp3) is 0.520. The van der Waals surface area contributed by atoms with E-state index in [-0.39, 0.29) is 25.2 Å². The Balaban J connectivity index is 1.57. The summed E-state index contributed by atoms with van der Waals surface area (Å²) in [6.07, 6.45) is -0.903. The average molecular weight is 608 g/mol. The van der Waals surface area contributed by atoms with Crippen LogP contribution in [-0.4, -0.2) is 59.1 Å². The maximum Gasteiger partial charge on any atom is 0.750 e. The zero-order valence-electron chi connectivity index (χ0n) is 23.6. The van der Waals surface area contributed by atoms with E-state index in [1.807, 2.05) is 0 Å². The molecule has 0 radical (unpaired) electrons. The van der Waals surface area contributed by atoms with Gasteiger partial charge in [-0.3, -0.25) is 14.3 Å². The molecular weight excluding hydrogens is 575 g/mol. The highest BCUT2D eigenvalue weighted by Crippen LogP contribution is 2.34. The topological polar surface area (TPSA) is 213 Å². The molecule has 226 valence electrons. The number of aromatic amines is 1. The van der Waals surface area contributed by atoms with Gasteiger partial charge in [0, 0.05) is 34.1 Å². The van der Waals surface area contributed by atoms with Crippen LogP contribution in [0, 0.1) is 6.92 Å². The van der Waals surface area contributed by atoms with Crippen LogP contribution < -0.4 is 21.1 Å². The second kappa shape index (κ2) is 14.1. The lowest BCUT2D eigenvalue weighted by molar-refractivity contribution is -0.143. The number of aromatic nitrogens is 2. The number of carbonyl (C=O) groups is 2. The van der Waals surface area contributed by atoms with E-state index in [0.29, 0.717) is 11.1 Å². The minimum Gasteiger partial charge on any atom is -0.467 e. The van der Waals surface area contributed by atoms with Gasteiger partial charge in [-0.25, -0.2) is 18.9 Å². The number of methoxy groups -OCH3 is 1. The van der Waals surface area contributed by atoms with Gasteiger partial charge >= 0.3 is 26.0 Å². The lowest BCUT2D eigenvalue weighted by Gasteiger charge is -2.22. The van der Waals surface area contributed by atoms with E-state index in [0.717, 1.165) is 0 Å². The highest BCUT2D eigenvalue weighted by molar-refractivity contribution is 7.33. The van der Waals surface area contributed by atoms with E-state index >= 15 is 0 Å². The summed E-state index contributed by atoms with van der Waals surface area (Å²) in [5.74, 6) is -0.463. The summed E-state index contributed by atoms with van der Waals surface area (Å²) in [5, 5.41) is 6.17. The van der Waals surface area contributed by atoms with E-state index in [1.165, 1.54) is 36.9 Å². The Morgan fingerprint density at radius 3 is 2.60 bits per heavy atom. The quantitative estimate of drug-likeness (QED) is 0.125. The van der Waals surface area contributed by atoms with Gasteiger partial charge in [0.25, 0.3) is 5.56 Å². The van der Waals surface area contributed by atoms with Gasteiger partial charge in [-0.15, -0.1) is 4.52 Å². The number of esters is 1. The number of benzene rings is 1. The first-order valence-electron chi connectivity index (χ1n) is 12.8. The Morgan fingerprint density at radius 1 is 1.29 bits per heavy atom. The molecule has 1 aromatic carbocycles. The number of amides is 1. The van der Waals surface area contributed by atoms with Crippen LogP contribution in [0.4, 0.5) is 4.79 Å². The molecule has 2 N–H and O–H groups in total. The minimum atomic E-state index is -2.68. The lowest BCUT2D eigenvalue weighted by atomic mass is 10.1. The minimum absolute atomic E-state index is 0.0910. The number of hydrogen-bond donors (Lipinski definition) is 2. The van der Waals surface area contributed by atoms with Crippen molar-refractivity contribution in [2.45, 2.75) is 70.6 Å². The Hall–Kier alpha value is -4.23. The van der Waals surface area contributed by atoms with Gasteiger partial charge in [0.15, 0.2) is 5.75 Å². The molecule has 42 heavy (non-hydrogen) atoms. The first-order chi connectivity index (χ1) is 19.8. The van der Waals surface area contributed by atoms with E-state index in [4.69, 9.17) is 28.8 Å². The van der Waals surface area contributed by atoms with Gasteiger partial charge in [-0.2, -0.15) is 0 Å². The van der Waals surface area contributed by atoms with Gasteiger partial charge in [-0.05, 0) is 50.9 Å². The molecule has 2 heterocycles. The molecule has 5 atom stereocenters. The Morgan fingerprint density at radius 2 is 1.98 bits per heavy atom. The molecule has 1 saturated heterocycles. The molecule has 3 rings (SSSR count). The average Bonchev–Trinajstić information content (AvgIpc) is 3.31. The predicted molar refractivity (Wildman–Crippen MR) is 147 cm³/mol. The smallest absolute Gasteiger partial charge is 0.467 e. The molecule has 0 spiro atoms. The fourth-order valence-corrected chi connectivity index (χ4v) is 4.59. The highest BCUT2D eigenvalue weighted by Gasteiger charge is 2.39. The van der Waals surface area contributed by atoms with Crippen LogP contribution >= 0.6 is 8.25 Å². The van der Waals surface area contributed by atoms with E-state index in [1.54, 1.807) is 32.9 Å². The third-order valence-electron chi connectivity index (χ3n) is 5.92. The number of alkyl carbamates (subject to hydrolysis) is 1. The van der Waals surface area contributed by atoms with Crippen LogP contribution in [0.3, 0.4) is 0 Å². The van der Waals surface area contributed by atoms with Crippen molar-refractivity contribution in [3.8, 4) is 5.75 Å². The van der Waals surface area contributed by atoms with Crippen LogP contribution in [0.5, 0.6) is 5.75 Å². The molecule has 1 amide bonds. The van der Waals surface area contributed by atoms with E-state index < -0.39 is 61.6 Å². The second-order valence-corrected chi connectivity index (χ2v) is 11.2. The van der Waals surface area contributed by atoms with Gasteiger partial charge < -0.3 is 19.5 Å². The van der Waals surface area contributed by atoms with Gasteiger partial charge in [0.05, 0.1) is 19.3 Å². The van der Waals surface area contributed by atoms with Crippen LogP contribution in [0.15, 0.2) is 45.2 Å². The summed E-state index contributed by atoms with van der Waals surface area (Å²) in [4.78, 5) is 53.2. The number of aryl methyl sites for hydroxylation is 1. The molecule has 16 nitrogen and oxygen atoms in total. The number of ether oxygens (including phenoxy) is 3. The Bertz CT molecular complexity index is 1460. The number of H-pyrrole nitrogens is 1. The van der Waals surface area contributed by atoms with Crippen molar-refractivity contribution in [3.63, 3.8) is 0 Å². The number of azide groups is 1. The summed E-state index contributed by atoms with van der Waals surface area (Å²) < 4.78 is 40.1. The van der Waals surface area contributed by atoms with Crippen molar-refractivity contribution in [2.75, 3.05) is 13.7 Å². The number of hydrogen-bond acceptors (Lipinski definition) is 11. The normalized spacial score (nSPS) is 19.3. The molecular formula is C25H32N6O10P+. The molecule has 1 fully saturated rings. The summed E-state index contributed by atoms with van der Waals surface area (Å²) in [5.41, 5.74) is 7.90. The van der Waals surface area contributed by atoms with Crippen molar-refractivity contribution in [1.29, 1.82) is 0 Å². The molecule has 17 heteroatoms. The van der Waals surface area contributed by atoms with Crippen LogP contribution in [0.25, 0.3) is 10.4 Å². The van der Waals surface area contributed by atoms with Crippen molar-refractivity contribution in [3.05, 3.63) is 72.9 Å². The third kappa shape index (κ3) is 9.14. The highest BCUT2D eigenvalue weighted by atomic mass is 31.1. The zero-order valence-corrected chi connectivity index (χ0v) is 24.5. The van der Waals surface area contributed by atoms with Crippen molar-refractivity contribution >= 4 is 20.3 Å². The maximum atomic E-state index is 12.5. The van der Waals surface area contributed by atoms with Gasteiger partial charge in [0.1, 0.15) is 24.5 Å². The second-order valence-electron chi connectivity index (χ2n) is 10.3. The van der Waals surface area contributed by atoms with Crippen molar-refractivity contribution in [2.24, 2.45) is 5.11 Å². The SMILES string of the molecule is COC(=O)[C@H](Cc1ccc(O[P+](=O)OC[C@H]2O[C@@H](n3cc(C)c(=O)[nH]c3=O)C[C@@H]2N=[N+]=[N-])cc1)NC(=O)OC(C)(C)C. The molecule has 0 aliphatic carbocycles. The zero-order chi connectivity index (χ0) is 31.0. The fourth-order valence-electron chi connectivity index (χ4n) is 3.98. The first-order valence-corrected chi connectivity index (χ1v) is 13.8. The van der Waals surface area contributed by atoms with Crippen molar-refractivity contribution < 1.29 is 37.4 Å². The van der Waals surface area contributed by atoms with Gasteiger partial charge in [-0.1, -0.05) is 17.2 Å². The monoisotopic (exact) mass is 607 g/mol. The number of nitrogens with one attached hydrogen (secondary N) is 2. The first kappa shape index (κ1) is 32.3. The number of nitrogens with zero attached hydrogens (tertiary/aromatic N) is 4. The summed E-state index contributed by atoms with van der Waals surface area (Å²) in [6.45, 7) is 6.34. The Kier molecular flexibility index (Phi) is 10.8. The molecule has 1 aliphatic heterocycles. The third-order valence-corrected chi connectivity index (χ3v) is 6.64. The predicted octanol–water partition coefficient (Wildman–Crippen LogP) is 3.17. The largest absolute Gasteiger partial charge is 0.750 e. The lowest BCUT2D eigenvalue weighted by Crippen LogP contribution is -2.45. The van der Waals surface area contributed by atoms with Gasteiger partial charge in [0.2, 0.25) is 0 Å². The molecule has 0 bridgehead atoms. The standard InChI is InChI=1S/C25H31N6O10P/c1-14-12-31(23(34)28-21(14)32)20-11-17(29-30-26)19(39-20)13-38-42(36)41-16-8-6-15(7-9-16)10-18(22(33)37-5)27-24(35)40-25(2,3)4/h6-9,12,17-20H,10-11,13H2,1-5H3,(H-,27,28,32,34,35)/p+1/t17-,18-,19+,20+/m0/s1. The molecule has 0 saturated carbocycles. The van der Waals surface area contributed by atoms with Crippen LogP contribution in [0.2, 0.25) is 0 Å². The van der Waals surface area contributed by atoms with Crippen LogP contribution in [0.1, 0.15) is 44.5 Å². The number of rotatable bonds is 11. The summed E-state index contributed by atoms with van der Waals surface area (Å²) >= 11 is 0. The maximum absolute atomic E-state index is 12.5.